The summed E-state index contributed by atoms with van der Waals surface area (Å²) in [4.78, 5) is 85.3. The van der Waals surface area contributed by atoms with Crippen molar-refractivity contribution >= 4 is 57.2 Å². The number of rotatable bonds is 17. The summed E-state index contributed by atoms with van der Waals surface area (Å²) in [5.41, 5.74) is 2.85. The lowest BCUT2D eigenvalue weighted by molar-refractivity contribution is -0.130. The number of fused-ring (bicyclic) bond motifs is 3. The monoisotopic (exact) mass is 963 g/mol. The minimum atomic E-state index is -5.25. The van der Waals surface area contributed by atoms with Crippen molar-refractivity contribution in [2.75, 3.05) is 31.6 Å². The molecule has 0 spiro atoms. The highest BCUT2D eigenvalue weighted by Gasteiger charge is 2.51. The fourth-order valence-electron chi connectivity index (χ4n) is 7.41. The minimum Gasteiger partial charge on any atom is -0.493 e. The number of anilines is 2. The van der Waals surface area contributed by atoms with E-state index in [-0.39, 0.29) is 53.2 Å². The van der Waals surface area contributed by atoms with Crippen LogP contribution in [0.1, 0.15) is 80.6 Å². The van der Waals surface area contributed by atoms with Crippen LogP contribution in [-0.2, 0) is 44.5 Å². The van der Waals surface area contributed by atoms with Crippen molar-refractivity contribution in [2.24, 2.45) is 12.0 Å². The van der Waals surface area contributed by atoms with E-state index in [4.69, 9.17) is 14.3 Å². The maximum atomic E-state index is 14.7. The van der Waals surface area contributed by atoms with Crippen molar-refractivity contribution in [3.63, 3.8) is 0 Å². The molecule has 2 aliphatic rings. The highest BCUT2D eigenvalue weighted by atomic mass is 32.2. The van der Waals surface area contributed by atoms with Crippen molar-refractivity contribution in [2.45, 2.75) is 103 Å². The molecule has 6 atom stereocenters. The molecular formula is C45H61N11O11S. The van der Waals surface area contributed by atoms with E-state index >= 15 is 0 Å². The van der Waals surface area contributed by atoms with Crippen LogP contribution in [0.2, 0.25) is 0 Å². The summed E-state index contributed by atoms with van der Waals surface area (Å²) >= 11 is 0. The summed E-state index contributed by atoms with van der Waals surface area (Å²) < 4.78 is 51.4. The van der Waals surface area contributed by atoms with E-state index in [0.717, 1.165) is 5.56 Å². The predicted octanol–water partition coefficient (Wildman–Crippen LogP) is 2.79. The number of nitrogens with one attached hydrogen (secondary N) is 6. The largest absolute Gasteiger partial charge is 0.493 e. The molecule has 0 bridgehead atoms. The second-order valence-corrected chi connectivity index (χ2v) is 18.4. The van der Waals surface area contributed by atoms with E-state index in [1.165, 1.54) is 55.7 Å². The fourth-order valence-corrected chi connectivity index (χ4v) is 8.51. The standard InChI is InChI=1S/C45H61N11O11S/c1-12-15-36(52-45(6,7)18-19-46-8)51-41(59)38-50-37(24-54(38)10)53-67-35-22-32-31(21-34(35)65-11)42(60)55-23-30-17-14-13-16-29(30)20-33(55)43(68(62,63)64)56(32)44(61)66-28(5)25(2)48-40(58)27(4)49-39(57)26(3)47-9/h12-19,21-22,24-28,33,43,46-47,53H,20,23H2,1-11H3,(H,48,58)(H,49,57)(H,51,52,59)(H,62,63,64)/b15-12-,19-18-/t25?,26-,27-,28-,33+,43?/m1/s1. The first kappa shape index (κ1) is 52.0. The van der Waals surface area contributed by atoms with E-state index in [1.54, 1.807) is 77.6 Å². The molecule has 3 aromatic rings. The molecule has 23 heteroatoms. The zero-order valence-corrected chi connectivity index (χ0v) is 40.7. The number of hydrogen-bond donors (Lipinski definition) is 7. The Balaban J connectivity index is 1.51. The van der Waals surface area contributed by atoms with Crippen LogP contribution < -0.4 is 46.5 Å². The Morgan fingerprint density at radius 2 is 1.68 bits per heavy atom. The molecule has 1 aromatic heterocycles. The predicted molar refractivity (Wildman–Crippen MR) is 254 cm³/mol. The maximum Gasteiger partial charge on any atom is 0.415 e. The van der Waals surface area contributed by atoms with Gasteiger partial charge in [0, 0.05) is 26.7 Å². The Bertz CT molecular complexity index is 2590. The molecule has 368 valence electrons. The van der Waals surface area contributed by atoms with Gasteiger partial charge in [0.2, 0.25) is 17.6 Å². The zero-order chi connectivity index (χ0) is 50.2. The molecule has 5 rings (SSSR count). The summed E-state index contributed by atoms with van der Waals surface area (Å²) in [5, 5.41) is 11.6. The van der Waals surface area contributed by atoms with Gasteiger partial charge in [0.15, 0.2) is 22.7 Å². The van der Waals surface area contributed by atoms with Gasteiger partial charge in [0.05, 0.1) is 48.2 Å². The van der Waals surface area contributed by atoms with Crippen LogP contribution in [0.5, 0.6) is 11.5 Å². The molecule has 3 heterocycles. The van der Waals surface area contributed by atoms with Crippen LogP contribution in [-0.4, -0.2) is 125 Å². The summed E-state index contributed by atoms with van der Waals surface area (Å²) in [6.07, 6.45) is 5.85. The van der Waals surface area contributed by atoms with Crippen molar-refractivity contribution in [3.05, 3.63) is 89.5 Å². The average Bonchev–Trinajstić information content (AvgIpc) is 3.62. The Morgan fingerprint density at radius 1 is 1.00 bits per heavy atom. The van der Waals surface area contributed by atoms with Gasteiger partial charge >= 0.3 is 6.09 Å². The summed E-state index contributed by atoms with van der Waals surface area (Å²) in [6, 6.07) is 5.74. The number of aliphatic imine (C=N–C) groups is 1. The number of aromatic nitrogens is 2. The Hall–Kier alpha value is -6.98. The average molecular weight is 964 g/mol. The third kappa shape index (κ3) is 12.1. The lowest BCUT2D eigenvalue weighted by Crippen LogP contribution is -2.59. The first-order valence-corrected chi connectivity index (χ1v) is 23.2. The summed E-state index contributed by atoms with van der Waals surface area (Å²) in [5.74, 6) is -2.26. The Kier molecular flexibility index (Phi) is 16.6. The number of carbonyl (C=O) groups excluding carboxylic acids is 5. The smallest absolute Gasteiger partial charge is 0.415 e. The number of hydrogen-bond acceptors (Lipinski definition) is 15. The second-order valence-electron chi connectivity index (χ2n) is 16.9. The summed E-state index contributed by atoms with van der Waals surface area (Å²) in [6.45, 7) is 11.5. The van der Waals surface area contributed by atoms with Gasteiger partial charge in [-0.25, -0.2) is 15.3 Å². The molecule has 7 N–H and O–H groups in total. The lowest BCUT2D eigenvalue weighted by atomic mass is 9.93. The van der Waals surface area contributed by atoms with Gasteiger partial charge in [-0.1, -0.05) is 30.3 Å². The molecule has 2 aliphatic heterocycles. The summed E-state index contributed by atoms with van der Waals surface area (Å²) in [7, 11) is 0.982. The number of nitrogens with zero attached hydrogens (tertiary/aromatic N) is 5. The third-order valence-electron chi connectivity index (χ3n) is 11.3. The highest BCUT2D eigenvalue weighted by molar-refractivity contribution is 7.86. The lowest BCUT2D eigenvalue weighted by Gasteiger charge is -2.40. The molecular weight excluding hydrogens is 903 g/mol. The molecule has 22 nitrogen and oxygen atoms in total. The van der Waals surface area contributed by atoms with Gasteiger partial charge in [0.1, 0.15) is 18.0 Å². The van der Waals surface area contributed by atoms with Crippen LogP contribution in [0.25, 0.3) is 0 Å². The molecule has 0 saturated heterocycles. The molecule has 0 fully saturated rings. The number of likely N-dealkylation sites (N-methyl/N-ethyl adjacent to an activating group) is 1. The number of imidazole rings is 1. The minimum absolute atomic E-state index is 0.0322. The second kappa shape index (κ2) is 21.8. The number of benzene rings is 2. The Morgan fingerprint density at radius 3 is 2.31 bits per heavy atom. The van der Waals surface area contributed by atoms with Crippen LogP contribution in [0.4, 0.5) is 16.3 Å². The van der Waals surface area contributed by atoms with Crippen LogP contribution in [0.3, 0.4) is 0 Å². The first-order valence-electron chi connectivity index (χ1n) is 21.7. The van der Waals surface area contributed by atoms with E-state index < -0.39 is 81.0 Å². The number of allylic oxidation sites excluding steroid dienone is 1. The van der Waals surface area contributed by atoms with Gasteiger partial charge < -0.3 is 50.4 Å². The number of amidine groups is 1. The maximum absolute atomic E-state index is 14.7. The molecule has 68 heavy (non-hydrogen) atoms. The van der Waals surface area contributed by atoms with Gasteiger partial charge in [-0.3, -0.25) is 33.6 Å². The van der Waals surface area contributed by atoms with E-state index in [9.17, 15) is 36.9 Å². The van der Waals surface area contributed by atoms with Crippen molar-refractivity contribution in [3.8, 4) is 11.5 Å². The van der Waals surface area contributed by atoms with Crippen LogP contribution in [0, 0.1) is 0 Å². The number of ether oxygens (including phenoxy) is 2. The fraction of sp³-hybridized carbons (Fsp3) is 0.444. The quantitative estimate of drug-likeness (QED) is 0.0444. The Labute approximate surface area is 395 Å². The zero-order valence-electron chi connectivity index (χ0n) is 39.9. The molecule has 0 aliphatic carbocycles. The third-order valence-corrected chi connectivity index (χ3v) is 12.5. The van der Waals surface area contributed by atoms with Crippen LogP contribution >= 0.6 is 0 Å². The van der Waals surface area contributed by atoms with Crippen LogP contribution in [0.15, 0.2) is 72.0 Å². The van der Waals surface area contributed by atoms with Gasteiger partial charge in [-0.15, -0.1) is 0 Å². The number of methoxy groups -OCH3 is 1. The number of amides is 5. The normalized spacial score (nSPS) is 18.0. The van der Waals surface area contributed by atoms with Crippen molar-refractivity contribution < 1.29 is 51.3 Å². The first-order chi connectivity index (χ1) is 32.0. The SMILES string of the molecule is C/C=C\C(=NC(C)(C)/C=C\NC)NC(=O)c1nc(NOc2cc3c(cc2OC)C(=O)N2Cc4ccccc4C[C@H]2C(S(=O)(=O)O)N3C(=O)O[C@H](C)C(C)NC(=O)[C@@H](C)NC(=O)[C@@H](C)NC)cn1C. The molecule has 2 unspecified atom stereocenters. The van der Waals surface area contributed by atoms with Crippen molar-refractivity contribution in [1.82, 2.24) is 41.0 Å². The molecule has 0 radical (unpaired) electrons. The molecule has 5 amide bonds. The topological polar surface area (TPSA) is 276 Å². The van der Waals surface area contributed by atoms with E-state index in [1.807, 2.05) is 19.9 Å². The van der Waals surface area contributed by atoms with Crippen molar-refractivity contribution in [1.29, 1.82) is 0 Å². The van der Waals surface area contributed by atoms with E-state index in [0.29, 0.717) is 10.5 Å². The number of aryl methyl sites for hydroxylation is 1. The molecule has 2 aromatic carbocycles. The molecule has 0 saturated carbocycles. The number of carbonyl (C=O) groups is 5. The van der Waals surface area contributed by atoms with Gasteiger partial charge in [0.25, 0.3) is 21.9 Å². The van der Waals surface area contributed by atoms with E-state index in [2.05, 4.69) is 42.0 Å². The highest BCUT2D eigenvalue weighted by Crippen LogP contribution is 2.43. The van der Waals surface area contributed by atoms with Gasteiger partial charge in [-0.2, -0.15) is 8.42 Å². The van der Waals surface area contributed by atoms with Gasteiger partial charge in [-0.05, 0) is 97.5 Å².